The third-order valence-corrected chi connectivity index (χ3v) is 4.46. The monoisotopic (exact) mass is 341 g/mol. The lowest BCUT2D eigenvalue weighted by Gasteiger charge is -2.31. The normalized spacial score (nSPS) is 14.6. The zero-order chi connectivity index (χ0) is 18.2. The van der Waals surface area contributed by atoms with Crippen molar-refractivity contribution in [1.82, 2.24) is 4.90 Å². The summed E-state index contributed by atoms with van der Waals surface area (Å²) in [6, 6.07) is 19.0. The Morgan fingerprint density at radius 3 is 2.20 bits per heavy atom. The number of likely N-dealkylation sites (N-methyl/N-ethyl adjacent to an activating group) is 1. The Kier molecular flexibility index (Phi) is 7.16. The molecule has 4 heteroatoms. The van der Waals surface area contributed by atoms with Crippen molar-refractivity contribution in [2.45, 2.75) is 32.6 Å². The topological polar surface area (TPSA) is 49.8 Å². The van der Waals surface area contributed by atoms with Crippen molar-refractivity contribution in [3.63, 3.8) is 0 Å². The first-order valence-corrected chi connectivity index (χ1v) is 8.62. The minimum absolute atomic E-state index is 0.0319. The maximum absolute atomic E-state index is 12.6. The Hall–Kier alpha value is -2.17. The summed E-state index contributed by atoms with van der Waals surface area (Å²) >= 11 is 0. The summed E-state index contributed by atoms with van der Waals surface area (Å²) in [5.41, 5.74) is 1.89. The summed E-state index contributed by atoms with van der Waals surface area (Å²) in [6.07, 6.45) is -0.715. The third-order valence-electron chi connectivity index (χ3n) is 4.46. The van der Waals surface area contributed by atoms with Gasteiger partial charge in [-0.05, 0) is 18.1 Å². The Bertz CT molecular complexity index is 645. The standard InChI is InChI=1S/C21H27NO3/c1-16(14-25-15-18-10-6-4-7-11-18)21(24)22(3)17(2)20(23)19-12-8-5-9-13-19/h4-13,16-17,20,23H,14-15H2,1-3H3/t16-,17+,20-/m1/s1. The molecule has 0 heterocycles. The molecule has 0 spiro atoms. The first kappa shape index (κ1) is 19.2. The van der Waals surface area contributed by atoms with Crippen molar-refractivity contribution in [2.24, 2.45) is 5.92 Å². The van der Waals surface area contributed by atoms with E-state index in [2.05, 4.69) is 0 Å². The molecule has 0 aliphatic carbocycles. The highest BCUT2D eigenvalue weighted by Crippen LogP contribution is 2.21. The number of nitrogens with zero attached hydrogens (tertiary/aromatic N) is 1. The van der Waals surface area contributed by atoms with Crippen LogP contribution in [0.4, 0.5) is 0 Å². The van der Waals surface area contributed by atoms with Gasteiger partial charge in [0.2, 0.25) is 5.91 Å². The first-order chi connectivity index (χ1) is 12.0. The van der Waals surface area contributed by atoms with E-state index < -0.39 is 6.10 Å². The van der Waals surface area contributed by atoms with Crippen LogP contribution >= 0.6 is 0 Å². The number of benzene rings is 2. The molecular formula is C21H27NO3. The van der Waals surface area contributed by atoms with Crippen LogP contribution in [-0.4, -0.2) is 35.6 Å². The Morgan fingerprint density at radius 1 is 1.04 bits per heavy atom. The van der Waals surface area contributed by atoms with Gasteiger partial charge < -0.3 is 14.7 Å². The fourth-order valence-electron chi connectivity index (χ4n) is 2.69. The van der Waals surface area contributed by atoms with E-state index in [9.17, 15) is 9.90 Å². The second kappa shape index (κ2) is 9.35. The molecule has 1 amide bonds. The SMILES string of the molecule is C[C@H](COCc1ccccc1)C(=O)N(C)[C@@H](C)[C@@H](O)c1ccccc1. The van der Waals surface area contributed by atoms with Crippen LogP contribution in [0, 0.1) is 5.92 Å². The van der Waals surface area contributed by atoms with Gasteiger partial charge in [0, 0.05) is 7.05 Å². The van der Waals surface area contributed by atoms with Crippen LogP contribution in [0.5, 0.6) is 0 Å². The van der Waals surface area contributed by atoms with E-state index >= 15 is 0 Å². The van der Waals surface area contributed by atoms with Crippen LogP contribution in [0.1, 0.15) is 31.1 Å². The van der Waals surface area contributed by atoms with Gasteiger partial charge in [0.05, 0.1) is 31.3 Å². The van der Waals surface area contributed by atoms with Crippen molar-refractivity contribution >= 4 is 5.91 Å². The molecule has 0 aromatic heterocycles. The third kappa shape index (κ3) is 5.41. The van der Waals surface area contributed by atoms with Gasteiger partial charge in [0.15, 0.2) is 0 Å². The largest absolute Gasteiger partial charge is 0.386 e. The van der Waals surface area contributed by atoms with E-state index in [-0.39, 0.29) is 17.9 Å². The lowest BCUT2D eigenvalue weighted by molar-refractivity contribution is -0.139. The van der Waals surface area contributed by atoms with Crippen molar-refractivity contribution < 1.29 is 14.6 Å². The molecule has 0 aliphatic heterocycles. The number of rotatable bonds is 8. The number of amides is 1. The lowest BCUT2D eigenvalue weighted by Crippen LogP contribution is -2.42. The van der Waals surface area contributed by atoms with Crippen LogP contribution in [0.25, 0.3) is 0 Å². The van der Waals surface area contributed by atoms with Crippen LogP contribution in [0.15, 0.2) is 60.7 Å². The number of ether oxygens (including phenoxy) is 1. The molecule has 1 N–H and O–H groups in total. The van der Waals surface area contributed by atoms with Crippen molar-refractivity contribution in [3.05, 3.63) is 71.8 Å². The summed E-state index contributed by atoms with van der Waals surface area (Å²) in [4.78, 5) is 14.2. The molecule has 4 nitrogen and oxygen atoms in total. The van der Waals surface area contributed by atoms with E-state index in [4.69, 9.17) is 4.74 Å². The average Bonchev–Trinajstić information content (AvgIpc) is 2.67. The van der Waals surface area contributed by atoms with E-state index in [1.54, 1.807) is 11.9 Å². The number of hydrogen-bond acceptors (Lipinski definition) is 3. The van der Waals surface area contributed by atoms with Gasteiger partial charge in [-0.3, -0.25) is 4.79 Å². The van der Waals surface area contributed by atoms with E-state index in [1.807, 2.05) is 74.5 Å². The predicted molar refractivity (Wildman–Crippen MR) is 98.9 cm³/mol. The van der Waals surface area contributed by atoms with Crippen molar-refractivity contribution in [2.75, 3.05) is 13.7 Å². The molecule has 25 heavy (non-hydrogen) atoms. The Balaban J connectivity index is 1.85. The number of aliphatic hydroxyl groups excluding tert-OH is 1. The summed E-state index contributed by atoms with van der Waals surface area (Å²) in [5, 5.41) is 10.5. The molecule has 0 saturated heterocycles. The van der Waals surface area contributed by atoms with Crippen molar-refractivity contribution in [3.8, 4) is 0 Å². The van der Waals surface area contributed by atoms with Gasteiger partial charge in [0.25, 0.3) is 0 Å². The molecule has 2 aromatic carbocycles. The summed E-state index contributed by atoms with van der Waals surface area (Å²) < 4.78 is 5.67. The number of aliphatic hydroxyl groups is 1. The van der Waals surface area contributed by atoms with Gasteiger partial charge in [-0.1, -0.05) is 67.6 Å². The second-order valence-corrected chi connectivity index (χ2v) is 6.45. The molecule has 0 fully saturated rings. The van der Waals surface area contributed by atoms with Crippen LogP contribution in [0.2, 0.25) is 0 Å². The quantitative estimate of drug-likeness (QED) is 0.800. The molecule has 3 atom stereocenters. The maximum atomic E-state index is 12.6. The van der Waals surface area contributed by atoms with Gasteiger partial charge >= 0.3 is 0 Å². The van der Waals surface area contributed by atoms with E-state index in [0.717, 1.165) is 11.1 Å². The minimum Gasteiger partial charge on any atom is -0.386 e. The minimum atomic E-state index is -0.715. The number of carbonyl (C=O) groups excluding carboxylic acids is 1. The Morgan fingerprint density at radius 2 is 1.60 bits per heavy atom. The zero-order valence-electron chi connectivity index (χ0n) is 15.1. The molecule has 2 aromatic rings. The van der Waals surface area contributed by atoms with E-state index in [1.165, 1.54) is 0 Å². The fraction of sp³-hybridized carbons (Fsp3) is 0.381. The van der Waals surface area contributed by atoms with Crippen molar-refractivity contribution in [1.29, 1.82) is 0 Å². The summed E-state index contributed by atoms with van der Waals surface area (Å²) in [7, 11) is 1.73. The first-order valence-electron chi connectivity index (χ1n) is 8.62. The zero-order valence-corrected chi connectivity index (χ0v) is 15.1. The molecule has 0 radical (unpaired) electrons. The molecular weight excluding hydrogens is 314 g/mol. The highest BCUT2D eigenvalue weighted by atomic mass is 16.5. The van der Waals surface area contributed by atoms with Gasteiger partial charge in [0.1, 0.15) is 0 Å². The fourth-order valence-corrected chi connectivity index (χ4v) is 2.69. The summed E-state index contributed by atoms with van der Waals surface area (Å²) in [6.45, 7) is 4.55. The molecule has 134 valence electrons. The molecule has 0 aliphatic rings. The second-order valence-electron chi connectivity index (χ2n) is 6.45. The molecule has 2 rings (SSSR count). The molecule has 0 saturated carbocycles. The number of hydrogen-bond donors (Lipinski definition) is 1. The van der Waals surface area contributed by atoms with Crippen LogP contribution < -0.4 is 0 Å². The molecule has 0 unspecified atom stereocenters. The van der Waals surface area contributed by atoms with Gasteiger partial charge in [-0.2, -0.15) is 0 Å². The molecule has 0 bridgehead atoms. The van der Waals surface area contributed by atoms with Gasteiger partial charge in [-0.25, -0.2) is 0 Å². The Labute approximate surface area is 150 Å². The highest BCUT2D eigenvalue weighted by Gasteiger charge is 2.27. The van der Waals surface area contributed by atoms with E-state index in [0.29, 0.717) is 13.2 Å². The summed E-state index contributed by atoms with van der Waals surface area (Å²) in [5.74, 6) is -0.297. The number of carbonyl (C=O) groups is 1. The lowest BCUT2D eigenvalue weighted by atomic mass is 10.0. The smallest absolute Gasteiger partial charge is 0.227 e. The van der Waals surface area contributed by atoms with Crippen LogP contribution in [0.3, 0.4) is 0 Å². The van der Waals surface area contributed by atoms with Gasteiger partial charge in [-0.15, -0.1) is 0 Å². The average molecular weight is 341 g/mol. The van der Waals surface area contributed by atoms with Crippen LogP contribution in [-0.2, 0) is 16.1 Å². The highest BCUT2D eigenvalue weighted by molar-refractivity contribution is 5.78. The predicted octanol–water partition coefficient (Wildman–Crippen LogP) is 3.42. The maximum Gasteiger partial charge on any atom is 0.227 e.